The average Bonchev–Trinajstić information content (AvgIpc) is 2.58. The summed E-state index contributed by atoms with van der Waals surface area (Å²) in [5.74, 6) is 0. The molecule has 3 heteroatoms. The predicted molar refractivity (Wildman–Crippen MR) is 56.1 cm³/mol. The van der Waals surface area contributed by atoms with Crippen molar-refractivity contribution in [3.63, 3.8) is 0 Å². The Balaban J connectivity index is 2.35. The number of benzene rings is 1. The van der Waals surface area contributed by atoms with Crippen LogP contribution in [0.1, 0.15) is 12.1 Å². The fourth-order valence-corrected chi connectivity index (χ4v) is 1.63. The van der Waals surface area contributed by atoms with E-state index in [4.69, 9.17) is 4.52 Å². The van der Waals surface area contributed by atoms with E-state index in [1.807, 2.05) is 18.2 Å². The number of nitrogens with zero attached hydrogens (tertiary/aromatic N) is 1. The van der Waals surface area contributed by atoms with Crippen LogP contribution in [0.4, 0.5) is 0 Å². The van der Waals surface area contributed by atoms with Crippen LogP contribution in [0.2, 0.25) is 0 Å². The minimum Gasteiger partial charge on any atom is -0.356 e. The summed E-state index contributed by atoms with van der Waals surface area (Å²) in [6.07, 6.45) is 2.07. The summed E-state index contributed by atoms with van der Waals surface area (Å²) in [5, 5.41) is 6.19. The molecule has 2 aromatic rings. The van der Waals surface area contributed by atoms with E-state index in [1.54, 1.807) is 0 Å². The second-order valence-corrected chi connectivity index (χ2v) is 3.71. The molecule has 0 fully saturated rings. The fraction of sp³-hybridized carbons (Fsp3) is 0.300. The van der Waals surface area contributed by atoms with Gasteiger partial charge in [0.15, 0.2) is 5.58 Å². The van der Waals surface area contributed by atoms with Gasteiger partial charge < -0.3 is 4.52 Å². The molecule has 0 radical (unpaired) electrons. The van der Waals surface area contributed by atoms with E-state index < -0.39 is 0 Å². The van der Waals surface area contributed by atoms with E-state index >= 15 is 0 Å². The minimum atomic E-state index is 0.882. The van der Waals surface area contributed by atoms with E-state index in [-0.39, 0.29) is 0 Å². The van der Waals surface area contributed by atoms with Crippen LogP contribution in [0.25, 0.3) is 11.0 Å². The highest BCUT2D eigenvalue weighted by atomic mass is 79.9. The van der Waals surface area contributed by atoms with Crippen LogP contribution in [0, 0.1) is 0 Å². The number of hydrogen-bond acceptors (Lipinski definition) is 2. The Morgan fingerprint density at radius 1 is 1.31 bits per heavy atom. The summed E-state index contributed by atoms with van der Waals surface area (Å²) in [6.45, 7) is 0. The maximum atomic E-state index is 5.18. The number of aryl methyl sites for hydroxylation is 1. The van der Waals surface area contributed by atoms with E-state index in [2.05, 4.69) is 27.2 Å². The number of fused-ring (bicyclic) bond motifs is 1. The molecule has 0 bridgehead atoms. The summed E-state index contributed by atoms with van der Waals surface area (Å²) in [5.41, 5.74) is 1.95. The van der Waals surface area contributed by atoms with Crippen molar-refractivity contribution in [3.05, 3.63) is 30.0 Å². The maximum Gasteiger partial charge on any atom is 0.167 e. The summed E-state index contributed by atoms with van der Waals surface area (Å²) >= 11 is 3.40. The van der Waals surface area contributed by atoms with Gasteiger partial charge in [-0.2, -0.15) is 0 Å². The van der Waals surface area contributed by atoms with Gasteiger partial charge in [-0.3, -0.25) is 0 Å². The van der Waals surface area contributed by atoms with Crippen LogP contribution in [0.3, 0.4) is 0 Å². The molecule has 13 heavy (non-hydrogen) atoms. The lowest BCUT2D eigenvalue weighted by atomic mass is 10.1. The molecule has 0 aliphatic heterocycles. The van der Waals surface area contributed by atoms with Gasteiger partial charge >= 0.3 is 0 Å². The van der Waals surface area contributed by atoms with Crippen LogP contribution >= 0.6 is 15.9 Å². The zero-order chi connectivity index (χ0) is 9.10. The number of aromatic nitrogens is 1. The molecule has 0 aliphatic carbocycles. The average molecular weight is 240 g/mol. The highest BCUT2D eigenvalue weighted by molar-refractivity contribution is 9.09. The van der Waals surface area contributed by atoms with Crippen LogP contribution in [-0.2, 0) is 6.42 Å². The molecule has 0 saturated heterocycles. The normalized spacial score (nSPS) is 10.8. The van der Waals surface area contributed by atoms with Crippen molar-refractivity contribution >= 4 is 26.9 Å². The van der Waals surface area contributed by atoms with Crippen LogP contribution in [0.15, 0.2) is 28.8 Å². The van der Waals surface area contributed by atoms with Gasteiger partial charge in [-0.1, -0.05) is 33.2 Å². The van der Waals surface area contributed by atoms with Gasteiger partial charge in [0.1, 0.15) is 0 Å². The summed E-state index contributed by atoms with van der Waals surface area (Å²) in [4.78, 5) is 0. The standard InChI is InChI=1S/C10H10BrNO/c11-7-3-5-9-8-4-1-2-6-10(8)13-12-9/h1-2,4,6H,3,5,7H2. The van der Waals surface area contributed by atoms with Crippen molar-refractivity contribution in [3.8, 4) is 0 Å². The van der Waals surface area contributed by atoms with E-state index in [1.165, 1.54) is 0 Å². The first-order chi connectivity index (χ1) is 6.42. The van der Waals surface area contributed by atoms with Gasteiger partial charge in [-0.15, -0.1) is 0 Å². The van der Waals surface area contributed by atoms with Crippen molar-refractivity contribution in [1.82, 2.24) is 5.16 Å². The van der Waals surface area contributed by atoms with Crippen molar-refractivity contribution in [1.29, 1.82) is 0 Å². The SMILES string of the molecule is BrCCCc1noc2ccccc12. The second-order valence-electron chi connectivity index (χ2n) is 2.92. The third-order valence-corrected chi connectivity index (χ3v) is 2.56. The molecule has 2 nitrogen and oxygen atoms in total. The Kier molecular flexibility index (Phi) is 2.64. The first-order valence-corrected chi connectivity index (χ1v) is 5.43. The summed E-state index contributed by atoms with van der Waals surface area (Å²) < 4.78 is 5.18. The van der Waals surface area contributed by atoms with Gasteiger partial charge in [-0.25, -0.2) is 0 Å². The zero-order valence-corrected chi connectivity index (χ0v) is 8.75. The molecule has 1 aromatic carbocycles. The quantitative estimate of drug-likeness (QED) is 0.770. The first kappa shape index (κ1) is 8.75. The van der Waals surface area contributed by atoms with Crippen molar-refractivity contribution in [2.75, 3.05) is 5.33 Å². The third kappa shape index (κ3) is 1.75. The Hall–Kier alpha value is -0.830. The fourth-order valence-electron chi connectivity index (χ4n) is 1.35. The lowest BCUT2D eigenvalue weighted by Crippen LogP contribution is -1.85. The van der Waals surface area contributed by atoms with Crippen LogP contribution < -0.4 is 0 Å². The molecule has 0 N–H and O–H groups in total. The molecule has 0 spiro atoms. The Morgan fingerprint density at radius 3 is 3.00 bits per heavy atom. The molecular formula is C10H10BrNO. The summed E-state index contributed by atoms with van der Waals surface area (Å²) in [7, 11) is 0. The Bertz CT molecular complexity index is 396. The highest BCUT2D eigenvalue weighted by Crippen LogP contribution is 2.18. The number of alkyl halides is 1. The van der Waals surface area contributed by atoms with Gasteiger partial charge in [0, 0.05) is 10.7 Å². The smallest absolute Gasteiger partial charge is 0.167 e. The third-order valence-electron chi connectivity index (χ3n) is 2.00. The molecule has 68 valence electrons. The lowest BCUT2D eigenvalue weighted by molar-refractivity contribution is 0.445. The van der Waals surface area contributed by atoms with Crippen LogP contribution in [-0.4, -0.2) is 10.5 Å². The lowest BCUT2D eigenvalue weighted by Gasteiger charge is -1.91. The minimum absolute atomic E-state index is 0.882. The molecule has 0 amide bonds. The molecule has 0 atom stereocenters. The first-order valence-electron chi connectivity index (χ1n) is 4.31. The number of halogens is 1. The second kappa shape index (κ2) is 3.92. The van der Waals surface area contributed by atoms with Crippen LogP contribution in [0.5, 0.6) is 0 Å². The molecule has 0 saturated carbocycles. The predicted octanol–water partition coefficient (Wildman–Crippen LogP) is 3.16. The number of rotatable bonds is 3. The van der Waals surface area contributed by atoms with E-state index in [0.717, 1.165) is 34.8 Å². The molecule has 0 unspecified atom stereocenters. The van der Waals surface area contributed by atoms with Gasteiger partial charge in [0.2, 0.25) is 0 Å². The van der Waals surface area contributed by atoms with Gasteiger partial charge in [-0.05, 0) is 25.0 Å². The number of para-hydroxylation sites is 1. The summed E-state index contributed by atoms with van der Waals surface area (Å²) in [6, 6.07) is 7.97. The Morgan fingerprint density at radius 2 is 2.15 bits per heavy atom. The molecule has 1 aromatic heterocycles. The molecule has 0 aliphatic rings. The molecule has 2 rings (SSSR count). The van der Waals surface area contributed by atoms with Crippen molar-refractivity contribution < 1.29 is 4.52 Å². The van der Waals surface area contributed by atoms with E-state index in [9.17, 15) is 0 Å². The zero-order valence-electron chi connectivity index (χ0n) is 7.16. The highest BCUT2D eigenvalue weighted by Gasteiger charge is 2.05. The molecule has 1 heterocycles. The maximum absolute atomic E-state index is 5.18. The van der Waals surface area contributed by atoms with E-state index in [0.29, 0.717) is 0 Å². The van der Waals surface area contributed by atoms with Crippen molar-refractivity contribution in [2.45, 2.75) is 12.8 Å². The monoisotopic (exact) mass is 239 g/mol. The van der Waals surface area contributed by atoms with Gasteiger partial charge in [0.05, 0.1) is 5.69 Å². The topological polar surface area (TPSA) is 26.0 Å². The Labute approximate surface area is 85.0 Å². The largest absolute Gasteiger partial charge is 0.356 e. The number of hydrogen-bond donors (Lipinski definition) is 0. The van der Waals surface area contributed by atoms with Gasteiger partial charge in [0.25, 0.3) is 0 Å². The molecular weight excluding hydrogens is 230 g/mol. The van der Waals surface area contributed by atoms with Crippen molar-refractivity contribution in [2.24, 2.45) is 0 Å².